The van der Waals surface area contributed by atoms with Crippen molar-refractivity contribution in [3.8, 4) is 0 Å². The van der Waals surface area contributed by atoms with Crippen LogP contribution < -0.4 is 5.32 Å². The van der Waals surface area contributed by atoms with Gasteiger partial charge in [-0.3, -0.25) is 4.79 Å². The molecule has 0 saturated heterocycles. The van der Waals surface area contributed by atoms with E-state index in [0.717, 1.165) is 15.7 Å². The first-order chi connectivity index (χ1) is 6.59. The molecule has 2 rings (SSSR count). The highest BCUT2D eigenvalue weighted by Gasteiger charge is 2.32. The molecule has 1 aromatic carbocycles. The van der Waals surface area contributed by atoms with Gasteiger partial charge in [0, 0.05) is 10.2 Å². The number of nitrogens with one attached hydrogen (secondary N) is 1. The molecular formula is C11H12BrNO. The lowest BCUT2D eigenvalue weighted by atomic mass is 9.90. The highest BCUT2D eigenvalue weighted by atomic mass is 79.9. The maximum absolute atomic E-state index is 11.7. The van der Waals surface area contributed by atoms with Crippen molar-refractivity contribution in [2.24, 2.45) is 5.92 Å². The zero-order valence-electron chi connectivity index (χ0n) is 8.17. The Balaban J connectivity index is 2.50. The highest BCUT2D eigenvalue weighted by Crippen LogP contribution is 2.38. The summed E-state index contributed by atoms with van der Waals surface area (Å²) in [5, 5.41) is 2.90. The van der Waals surface area contributed by atoms with Crippen molar-refractivity contribution >= 4 is 27.5 Å². The minimum absolute atomic E-state index is 0.00231. The Morgan fingerprint density at radius 1 is 1.43 bits per heavy atom. The summed E-state index contributed by atoms with van der Waals surface area (Å²) in [5.41, 5.74) is 2.07. The maximum atomic E-state index is 11.7. The molecule has 1 unspecified atom stereocenters. The molecule has 1 N–H and O–H groups in total. The largest absolute Gasteiger partial charge is 0.325 e. The molecule has 1 amide bonds. The Labute approximate surface area is 91.8 Å². The number of carbonyl (C=O) groups excluding carboxylic acids is 1. The molecule has 0 bridgehead atoms. The number of rotatable bonds is 1. The van der Waals surface area contributed by atoms with Crippen LogP contribution in [0.4, 0.5) is 5.69 Å². The van der Waals surface area contributed by atoms with E-state index in [9.17, 15) is 4.79 Å². The number of anilines is 1. The van der Waals surface area contributed by atoms with Crippen LogP contribution in [-0.4, -0.2) is 5.91 Å². The summed E-state index contributed by atoms with van der Waals surface area (Å²) < 4.78 is 1.03. The molecule has 0 aliphatic carbocycles. The van der Waals surface area contributed by atoms with Gasteiger partial charge in [-0.25, -0.2) is 0 Å². The number of fused-ring (bicyclic) bond motifs is 1. The normalized spacial score (nSPS) is 19.7. The summed E-state index contributed by atoms with van der Waals surface area (Å²) in [6, 6.07) is 5.92. The van der Waals surface area contributed by atoms with Gasteiger partial charge in [-0.05, 0) is 29.7 Å². The second kappa shape index (κ2) is 3.39. The topological polar surface area (TPSA) is 29.1 Å². The molecule has 0 radical (unpaired) electrons. The Morgan fingerprint density at radius 2 is 2.14 bits per heavy atom. The van der Waals surface area contributed by atoms with Crippen molar-refractivity contribution < 1.29 is 4.79 Å². The first-order valence-electron chi connectivity index (χ1n) is 4.70. The third-order valence-electron chi connectivity index (χ3n) is 2.56. The molecule has 14 heavy (non-hydrogen) atoms. The number of amides is 1. The van der Waals surface area contributed by atoms with E-state index in [1.54, 1.807) is 0 Å². The van der Waals surface area contributed by atoms with Crippen LogP contribution in [0.1, 0.15) is 25.3 Å². The number of hydrogen-bond acceptors (Lipinski definition) is 1. The molecule has 1 heterocycles. The van der Waals surface area contributed by atoms with Gasteiger partial charge >= 0.3 is 0 Å². The molecule has 1 atom stereocenters. The lowest BCUT2D eigenvalue weighted by molar-refractivity contribution is -0.117. The average molecular weight is 254 g/mol. The van der Waals surface area contributed by atoms with Gasteiger partial charge in [-0.15, -0.1) is 0 Å². The predicted molar refractivity (Wildman–Crippen MR) is 60.4 cm³/mol. The quantitative estimate of drug-likeness (QED) is 0.819. The molecule has 0 spiro atoms. The molecule has 3 heteroatoms. The van der Waals surface area contributed by atoms with Gasteiger partial charge in [0.2, 0.25) is 5.91 Å². The second-order valence-electron chi connectivity index (χ2n) is 3.94. The van der Waals surface area contributed by atoms with Gasteiger partial charge in [0.25, 0.3) is 0 Å². The van der Waals surface area contributed by atoms with Crippen LogP contribution >= 0.6 is 15.9 Å². The first kappa shape index (κ1) is 9.71. The van der Waals surface area contributed by atoms with Crippen LogP contribution in [0.25, 0.3) is 0 Å². The van der Waals surface area contributed by atoms with Gasteiger partial charge in [0.15, 0.2) is 0 Å². The van der Waals surface area contributed by atoms with Crippen LogP contribution in [0.2, 0.25) is 0 Å². The number of benzene rings is 1. The molecule has 0 fully saturated rings. The lowest BCUT2D eigenvalue weighted by Gasteiger charge is -2.12. The Morgan fingerprint density at radius 3 is 2.79 bits per heavy atom. The molecule has 74 valence electrons. The minimum Gasteiger partial charge on any atom is -0.325 e. The summed E-state index contributed by atoms with van der Waals surface area (Å²) in [6.07, 6.45) is 0. The summed E-state index contributed by atoms with van der Waals surface area (Å²) in [4.78, 5) is 11.7. The molecule has 2 nitrogen and oxygen atoms in total. The van der Waals surface area contributed by atoms with Gasteiger partial charge in [0.05, 0.1) is 5.92 Å². The molecule has 0 aromatic heterocycles. The molecular weight excluding hydrogens is 242 g/mol. The zero-order valence-corrected chi connectivity index (χ0v) is 9.76. The third kappa shape index (κ3) is 1.46. The summed E-state index contributed by atoms with van der Waals surface area (Å²) in [5.74, 6) is 0.459. The summed E-state index contributed by atoms with van der Waals surface area (Å²) in [7, 11) is 0. The third-order valence-corrected chi connectivity index (χ3v) is 3.05. The van der Waals surface area contributed by atoms with Crippen LogP contribution in [-0.2, 0) is 4.79 Å². The second-order valence-corrected chi connectivity index (χ2v) is 4.86. The van der Waals surface area contributed by atoms with E-state index in [4.69, 9.17) is 0 Å². The highest BCUT2D eigenvalue weighted by molar-refractivity contribution is 9.10. The van der Waals surface area contributed by atoms with E-state index in [1.165, 1.54) is 0 Å². The lowest BCUT2D eigenvalue weighted by Crippen LogP contribution is -2.16. The molecule has 1 aliphatic rings. The van der Waals surface area contributed by atoms with Crippen molar-refractivity contribution in [2.75, 3.05) is 5.32 Å². The molecule has 1 aromatic rings. The van der Waals surface area contributed by atoms with Gasteiger partial charge in [0.1, 0.15) is 0 Å². The summed E-state index contributed by atoms with van der Waals surface area (Å²) in [6.45, 7) is 4.14. The average Bonchev–Trinajstić information content (AvgIpc) is 2.40. The van der Waals surface area contributed by atoms with Gasteiger partial charge in [-0.2, -0.15) is 0 Å². The van der Waals surface area contributed by atoms with Crippen molar-refractivity contribution in [1.82, 2.24) is 0 Å². The van der Waals surface area contributed by atoms with E-state index < -0.39 is 0 Å². The van der Waals surface area contributed by atoms with E-state index in [-0.39, 0.29) is 11.8 Å². The van der Waals surface area contributed by atoms with Crippen LogP contribution in [0.3, 0.4) is 0 Å². The van der Waals surface area contributed by atoms with Crippen molar-refractivity contribution in [2.45, 2.75) is 19.8 Å². The van der Waals surface area contributed by atoms with Crippen molar-refractivity contribution in [3.05, 3.63) is 28.2 Å². The SMILES string of the molecule is CC(C)C1C(=O)Nc2ccc(Br)cc21. The summed E-state index contributed by atoms with van der Waals surface area (Å²) >= 11 is 3.42. The fraction of sp³-hybridized carbons (Fsp3) is 0.364. The van der Waals surface area contributed by atoms with E-state index in [1.807, 2.05) is 18.2 Å². The van der Waals surface area contributed by atoms with Crippen LogP contribution in [0, 0.1) is 5.92 Å². The zero-order chi connectivity index (χ0) is 10.3. The standard InChI is InChI=1S/C11H12BrNO/c1-6(2)10-8-5-7(12)3-4-9(8)13-11(10)14/h3-6,10H,1-2H3,(H,13,14). The van der Waals surface area contributed by atoms with Crippen LogP contribution in [0.15, 0.2) is 22.7 Å². The predicted octanol–water partition coefficient (Wildman–Crippen LogP) is 3.14. The number of halogens is 1. The monoisotopic (exact) mass is 253 g/mol. The van der Waals surface area contributed by atoms with E-state index in [0.29, 0.717) is 5.92 Å². The first-order valence-corrected chi connectivity index (χ1v) is 5.49. The van der Waals surface area contributed by atoms with E-state index in [2.05, 4.69) is 35.1 Å². The van der Waals surface area contributed by atoms with E-state index >= 15 is 0 Å². The Hall–Kier alpha value is -0.830. The smallest absolute Gasteiger partial charge is 0.232 e. The fourth-order valence-electron chi connectivity index (χ4n) is 1.92. The van der Waals surface area contributed by atoms with Crippen molar-refractivity contribution in [3.63, 3.8) is 0 Å². The minimum atomic E-state index is 0.00231. The van der Waals surface area contributed by atoms with Crippen LogP contribution in [0.5, 0.6) is 0 Å². The molecule has 1 aliphatic heterocycles. The Kier molecular flexibility index (Phi) is 2.35. The van der Waals surface area contributed by atoms with Gasteiger partial charge in [-0.1, -0.05) is 29.8 Å². The fourth-order valence-corrected chi connectivity index (χ4v) is 2.30. The number of carbonyl (C=O) groups is 1. The Bertz CT molecular complexity index is 387. The molecule has 0 saturated carbocycles. The van der Waals surface area contributed by atoms with Crippen molar-refractivity contribution in [1.29, 1.82) is 0 Å². The maximum Gasteiger partial charge on any atom is 0.232 e. The number of hydrogen-bond donors (Lipinski definition) is 1. The van der Waals surface area contributed by atoms with Gasteiger partial charge < -0.3 is 5.32 Å².